The molecule has 118 valence electrons. The number of aromatic nitrogens is 3. The minimum atomic E-state index is 0.361. The van der Waals surface area contributed by atoms with Crippen molar-refractivity contribution in [3.8, 4) is 11.3 Å². The van der Waals surface area contributed by atoms with Gasteiger partial charge in [0.25, 0.3) is 0 Å². The van der Waals surface area contributed by atoms with Gasteiger partial charge in [-0.1, -0.05) is 11.2 Å². The van der Waals surface area contributed by atoms with Gasteiger partial charge >= 0.3 is 0 Å². The van der Waals surface area contributed by atoms with Crippen LogP contribution in [-0.2, 0) is 13.0 Å². The maximum atomic E-state index is 5.46. The highest BCUT2D eigenvalue weighted by molar-refractivity contribution is 5.57. The van der Waals surface area contributed by atoms with E-state index in [1.54, 1.807) is 12.4 Å². The fraction of sp³-hybridized carbons (Fsp3) is 0.278. The molecule has 3 aromatic heterocycles. The number of hydrogen-bond acceptors (Lipinski definition) is 5. The Morgan fingerprint density at radius 2 is 1.96 bits per heavy atom. The lowest BCUT2D eigenvalue weighted by molar-refractivity contribution is 0.217. The number of rotatable bonds is 6. The molecule has 0 amide bonds. The van der Waals surface area contributed by atoms with Crippen molar-refractivity contribution in [2.24, 2.45) is 0 Å². The van der Waals surface area contributed by atoms with E-state index in [1.807, 2.05) is 36.5 Å². The van der Waals surface area contributed by atoms with E-state index in [-0.39, 0.29) is 0 Å². The van der Waals surface area contributed by atoms with Crippen LogP contribution in [-0.4, -0.2) is 33.1 Å². The van der Waals surface area contributed by atoms with Gasteiger partial charge in [-0.15, -0.1) is 0 Å². The lowest BCUT2D eigenvalue weighted by Gasteiger charge is -2.23. The minimum absolute atomic E-state index is 0.361. The van der Waals surface area contributed by atoms with E-state index in [0.717, 1.165) is 29.1 Å². The van der Waals surface area contributed by atoms with Gasteiger partial charge in [-0.2, -0.15) is 0 Å². The summed E-state index contributed by atoms with van der Waals surface area (Å²) >= 11 is 0. The summed E-state index contributed by atoms with van der Waals surface area (Å²) in [5.74, 6) is 0.854. The molecule has 0 radical (unpaired) electrons. The molecule has 5 nitrogen and oxygen atoms in total. The highest BCUT2D eigenvalue weighted by Gasteiger charge is 2.14. The molecule has 0 saturated carbocycles. The Balaban J connectivity index is 1.62. The molecular formula is C18H20N4O. The highest BCUT2D eigenvalue weighted by atomic mass is 16.5. The maximum Gasteiger partial charge on any atom is 0.151 e. The van der Waals surface area contributed by atoms with Gasteiger partial charge in [0.1, 0.15) is 5.69 Å². The van der Waals surface area contributed by atoms with E-state index in [9.17, 15) is 0 Å². The number of hydrogen-bond donors (Lipinski definition) is 0. The van der Waals surface area contributed by atoms with Crippen LogP contribution in [0.15, 0.2) is 59.5 Å². The molecule has 3 aromatic rings. The first-order valence-electron chi connectivity index (χ1n) is 7.68. The van der Waals surface area contributed by atoms with Crippen LogP contribution in [0.5, 0.6) is 0 Å². The monoisotopic (exact) mass is 308 g/mol. The summed E-state index contributed by atoms with van der Waals surface area (Å²) in [5, 5.41) is 4.14. The molecule has 3 rings (SSSR count). The third-order valence-electron chi connectivity index (χ3n) is 3.92. The second-order valence-corrected chi connectivity index (χ2v) is 5.70. The summed E-state index contributed by atoms with van der Waals surface area (Å²) in [6.07, 6.45) is 6.25. The Hall–Kier alpha value is -2.53. The van der Waals surface area contributed by atoms with Gasteiger partial charge in [0, 0.05) is 48.4 Å². The van der Waals surface area contributed by atoms with Crippen molar-refractivity contribution in [2.45, 2.75) is 25.9 Å². The predicted octanol–water partition coefficient (Wildman–Crippen LogP) is 3.19. The third kappa shape index (κ3) is 4.02. The molecule has 0 spiro atoms. The molecule has 0 aromatic carbocycles. The van der Waals surface area contributed by atoms with Gasteiger partial charge in [-0.05, 0) is 38.2 Å². The van der Waals surface area contributed by atoms with E-state index in [1.165, 1.54) is 0 Å². The van der Waals surface area contributed by atoms with Crippen LogP contribution in [0.3, 0.4) is 0 Å². The summed E-state index contributed by atoms with van der Waals surface area (Å²) in [4.78, 5) is 10.6. The van der Waals surface area contributed by atoms with Crippen molar-refractivity contribution in [2.75, 3.05) is 7.05 Å². The van der Waals surface area contributed by atoms with Crippen molar-refractivity contribution in [3.05, 3.63) is 66.4 Å². The molecule has 0 fully saturated rings. The number of nitrogens with zero attached hydrogens (tertiary/aromatic N) is 4. The molecule has 1 atom stereocenters. The van der Waals surface area contributed by atoms with Crippen LogP contribution in [0, 0.1) is 0 Å². The smallest absolute Gasteiger partial charge is 0.151 e. The molecule has 3 heterocycles. The Morgan fingerprint density at radius 1 is 1.13 bits per heavy atom. The molecule has 0 bridgehead atoms. The van der Waals surface area contributed by atoms with Crippen LogP contribution in [0.4, 0.5) is 0 Å². The fourth-order valence-electron chi connectivity index (χ4n) is 2.43. The maximum absolute atomic E-state index is 5.46. The van der Waals surface area contributed by atoms with Crippen molar-refractivity contribution in [3.63, 3.8) is 0 Å². The fourth-order valence-corrected chi connectivity index (χ4v) is 2.43. The molecule has 5 heteroatoms. The summed E-state index contributed by atoms with van der Waals surface area (Å²) in [7, 11) is 2.09. The van der Waals surface area contributed by atoms with Gasteiger partial charge in [0.05, 0.1) is 6.54 Å². The van der Waals surface area contributed by atoms with Gasteiger partial charge in [-0.25, -0.2) is 0 Å². The zero-order valence-corrected chi connectivity index (χ0v) is 13.4. The van der Waals surface area contributed by atoms with E-state index in [0.29, 0.717) is 12.6 Å². The summed E-state index contributed by atoms with van der Waals surface area (Å²) in [6, 6.07) is 12.2. The second kappa shape index (κ2) is 7.15. The highest BCUT2D eigenvalue weighted by Crippen LogP contribution is 2.19. The topological polar surface area (TPSA) is 55.1 Å². The van der Waals surface area contributed by atoms with Crippen LogP contribution in [0.1, 0.15) is 18.4 Å². The van der Waals surface area contributed by atoms with Crippen LogP contribution < -0.4 is 0 Å². The SMILES string of the molecule is C[C@@H](Cc1ccccn1)N(C)Cc1cc(-c2ccncc2)no1. The van der Waals surface area contributed by atoms with Gasteiger partial charge in [0.2, 0.25) is 0 Å². The minimum Gasteiger partial charge on any atom is -0.359 e. The Bertz CT molecular complexity index is 727. The molecular weight excluding hydrogens is 288 g/mol. The predicted molar refractivity (Wildman–Crippen MR) is 88.6 cm³/mol. The number of pyridine rings is 2. The average molecular weight is 308 g/mol. The summed E-state index contributed by atoms with van der Waals surface area (Å²) in [6.45, 7) is 2.90. The molecule has 0 aliphatic rings. The largest absolute Gasteiger partial charge is 0.359 e. The van der Waals surface area contributed by atoms with Crippen molar-refractivity contribution in [1.82, 2.24) is 20.0 Å². The second-order valence-electron chi connectivity index (χ2n) is 5.70. The van der Waals surface area contributed by atoms with E-state index >= 15 is 0 Å². The molecule has 0 saturated heterocycles. The van der Waals surface area contributed by atoms with Crippen LogP contribution >= 0.6 is 0 Å². The lowest BCUT2D eigenvalue weighted by Crippen LogP contribution is -2.30. The lowest BCUT2D eigenvalue weighted by atomic mass is 10.1. The van der Waals surface area contributed by atoms with E-state index in [4.69, 9.17) is 4.52 Å². The van der Waals surface area contributed by atoms with Crippen LogP contribution in [0.25, 0.3) is 11.3 Å². The zero-order chi connectivity index (χ0) is 16.1. The van der Waals surface area contributed by atoms with E-state index < -0.39 is 0 Å². The Kier molecular flexibility index (Phi) is 4.78. The Labute approximate surface area is 136 Å². The van der Waals surface area contributed by atoms with Crippen LogP contribution in [0.2, 0.25) is 0 Å². The zero-order valence-electron chi connectivity index (χ0n) is 13.4. The first kappa shape index (κ1) is 15.4. The van der Waals surface area contributed by atoms with E-state index in [2.05, 4.69) is 40.1 Å². The molecule has 0 aliphatic carbocycles. The average Bonchev–Trinajstić information content (AvgIpc) is 3.05. The first-order valence-corrected chi connectivity index (χ1v) is 7.68. The molecule has 23 heavy (non-hydrogen) atoms. The number of likely N-dealkylation sites (N-methyl/N-ethyl adjacent to an activating group) is 1. The van der Waals surface area contributed by atoms with Gasteiger partial charge < -0.3 is 4.52 Å². The molecule has 0 N–H and O–H groups in total. The third-order valence-corrected chi connectivity index (χ3v) is 3.92. The molecule has 0 unspecified atom stereocenters. The van der Waals surface area contributed by atoms with Gasteiger partial charge in [-0.3, -0.25) is 14.9 Å². The standard InChI is InChI=1S/C18H20N4O/c1-14(11-16-5-3-4-8-20-16)22(2)13-17-12-18(21-23-17)15-6-9-19-10-7-15/h3-10,12,14H,11,13H2,1-2H3/t14-/m0/s1. The molecule has 0 aliphatic heterocycles. The normalized spacial score (nSPS) is 12.5. The summed E-state index contributed by atoms with van der Waals surface area (Å²) < 4.78 is 5.46. The Morgan fingerprint density at radius 3 is 2.70 bits per heavy atom. The van der Waals surface area contributed by atoms with Crippen molar-refractivity contribution < 1.29 is 4.52 Å². The first-order chi connectivity index (χ1) is 11.2. The van der Waals surface area contributed by atoms with Gasteiger partial charge in [0.15, 0.2) is 5.76 Å². The van der Waals surface area contributed by atoms with Crippen molar-refractivity contribution in [1.29, 1.82) is 0 Å². The van der Waals surface area contributed by atoms with Crippen molar-refractivity contribution >= 4 is 0 Å². The summed E-state index contributed by atoms with van der Waals surface area (Å²) in [5.41, 5.74) is 2.95. The quantitative estimate of drug-likeness (QED) is 0.700.